The quantitative estimate of drug-likeness (QED) is 0.550. The second-order valence-corrected chi connectivity index (χ2v) is 4.59. The lowest BCUT2D eigenvalue weighted by molar-refractivity contribution is -0.384. The second-order valence-electron chi connectivity index (χ2n) is 2.94. The number of halogens is 1. The van der Waals surface area contributed by atoms with Gasteiger partial charge in [0.1, 0.15) is 0 Å². The topological polar surface area (TPSA) is 43.1 Å². The van der Waals surface area contributed by atoms with Crippen molar-refractivity contribution in [2.75, 3.05) is 0 Å². The molecule has 1 aromatic heterocycles. The average molecular weight is 228 g/mol. The first-order chi connectivity index (χ1) is 6.59. The molecule has 0 aliphatic rings. The second kappa shape index (κ2) is 3.22. The van der Waals surface area contributed by atoms with Gasteiger partial charge in [0.15, 0.2) is 0 Å². The van der Waals surface area contributed by atoms with Crippen LogP contribution >= 0.6 is 22.9 Å². The van der Waals surface area contributed by atoms with Crippen LogP contribution in [0.15, 0.2) is 18.2 Å². The highest BCUT2D eigenvalue weighted by atomic mass is 35.5. The van der Waals surface area contributed by atoms with Gasteiger partial charge in [0.25, 0.3) is 5.69 Å². The number of aryl methyl sites for hydroxylation is 1. The number of benzene rings is 1. The minimum Gasteiger partial charge on any atom is -0.258 e. The Morgan fingerprint density at radius 3 is 2.86 bits per heavy atom. The highest BCUT2D eigenvalue weighted by molar-refractivity contribution is 7.23. The molecule has 0 spiro atoms. The summed E-state index contributed by atoms with van der Waals surface area (Å²) >= 11 is 7.30. The Bertz CT molecular complexity index is 521. The minimum absolute atomic E-state index is 0.107. The van der Waals surface area contributed by atoms with E-state index in [1.165, 1.54) is 17.4 Å². The standard InChI is InChI=1S/C9H6ClNO2S/c1-5-7-3-2-6(11(12)13)4-8(7)14-9(5)10/h2-4H,1H3. The summed E-state index contributed by atoms with van der Waals surface area (Å²) in [7, 11) is 0. The summed E-state index contributed by atoms with van der Waals surface area (Å²) < 4.78 is 1.56. The van der Waals surface area contributed by atoms with Crippen LogP contribution in [0.5, 0.6) is 0 Å². The summed E-state index contributed by atoms with van der Waals surface area (Å²) in [6, 6.07) is 4.79. The number of non-ortho nitro benzene ring substituents is 1. The van der Waals surface area contributed by atoms with Gasteiger partial charge in [-0.3, -0.25) is 10.1 Å². The lowest BCUT2D eigenvalue weighted by atomic mass is 10.2. The highest BCUT2D eigenvalue weighted by Gasteiger charge is 2.11. The van der Waals surface area contributed by atoms with E-state index < -0.39 is 4.92 Å². The van der Waals surface area contributed by atoms with Gasteiger partial charge in [0.2, 0.25) is 0 Å². The molecule has 2 aromatic rings. The maximum Gasteiger partial charge on any atom is 0.270 e. The van der Waals surface area contributed by atoms with Crippen molar-refractivity contribution in [2.24, 2.45) is 0 Å². The molecule has 0 aliphatic heterocycles. The molecule has 0 amide bonds. The molecule has 1 aromatic carbocycles. The van der Waals surface area contributed by atoms with Crippen LogP contribution < -0.4 is 0 Å². The van der Waals surface area contributed by atoms with Gasteiger partial charge in [-0.1, -0.05) is 11.6 Å². The van der Waals surface area contributed by atoms with E-state index in [1.807, 2.05) is 6.92 Å². The van der Waals surface area contributed by atoms with Gasteiger partial charge in [-0.2, -0.15) is 0 Å². The van der Waals surface area contributed by atoms with Crippen molar-refractivity contribution >= 4 is 38.7 Å². The number of hydrogen-bond acceptors (Lipinski definition) is 3. The molecule has 0 atom stereocenters. The first kappa shape index (κ1) is 9.43. The average Bonchev–Trinajstić information content (AvgIpc) is 2.42. The van der Waals surface area contributed by atoms with Gasteiger partial charge in [0.05, 0.1) is 9.26 Å². The van der Waals surface area contributed by atoms with Crippen molar-refractivity contribution in [3.05, 3.63) is 38.2 Å². The van der Waals surface area contributed by atoms with Crippen LogP contribution in [0.4, 0.5) is 5.69 Å². The first-order valence-corrected chi connectivity index (χ1v) is 5.12. The van der Waals surface area contributed by atoms with Gasteiger partial charge < -0.3 is 0 Å². The molecule has 3 nitrogen and oxygen atoms in total. The van der Waals surface area contributed by atoms with Crippen molar-refractivity contribution in [1.29, 1.82) is 0 Å². The van der Waals surface area contributed by atoms with E-state index in [0.29, 0.717) is 4.34 Å². The zero-order valence-corrected chi connectivity index (χ0v) is 8.85. The van der Waals surface area contributed by atoms with Crippen LogP contribution in [-0.2, 0) is 0 Å². The number of hydrogen-bond donors (Lipinski definition) is 0. The van der Waals surface area contributed by atoms with Crippen molar-refractivity contribution in [3.63, 3.8) is 0 Å². The first-order valence-electron chi connectivity index (χ1n) is 3.92. The summed E-state index contributed by atoms with van der Waals surface area (Å²) in [5.74, 6) is 0. The molecule has 0 unspecified atom stereocenters. The van der Waals surface area contributed by atoms with Gasteiger partial charge in [-0.25, -0.2) is 0 Å². The van der Waals surface area contributed by atoms with Crippen molar-refractivity contribution in [2.45, 2.75) is 6.92 Å². The molecule has 0 N–H and O–H groups in total. The molecule has 0 fully saturated rings. The summed E-state index contributed by atoms with van der Waals surface area (Å²) in [5.41, 5.74) is 1.09. The van der Waals surface area contributed by atoms with Gasteiger partial charge in [-0.05, 0) is 23.9 Å². The SMILES string of the molecule is Cc1c(Cl)sc2cc([N+](=O)[O-])ccc12. The van der Waals surface area contributed by atoms with Crippen LogP contribution in [0.25, 0.3) is 10.1 Å². The number of rotatable bonds is 1. The van der Waals surface area contributed by atoms with Crippen LogP contribution in [0.3, 0.4) is 0 Å². The Balaban J connectivity index is 2.73. The Morgan fingerprint density at radius 1 is 1.50 bits per heavy atom. The minimum atomic E-state index is -0.400. The van der Waals surface area contributed by atoms with E-state index in [2.05, 4.69) is 0 Å². The van der Waals surface area contributed by atoms with E-state index in [4.69, 9.17) is 11.6 Å². The molecule has 5 heteroatoms. The number of nitrogens with zero attached hydrogens (tertiary/aromatic N) is 1. The monoisotopic (exact) mass is 227 g/mol. The van der Waals surface area contributed by atoms with E-state index >= 15 is 0 Å². The fraction of sp³-hybridized carbons (Fsp3) is 0.111. The Kier molecular flexibility index (Phi) is 2.17. The van der Waals surface area contributed by atoms with E-state index in [0.717, 1.165) is 15.6 Å². The summed E-state index contributed by atoms with van der Waals surface area (Å²) in [6.45, 7) is 1.91. The van der Waals surface area contributed by atoms with E-state index in [9.17, 15) is 10.1 Å². The molecule has 0 saturated heterocycles. The lowest BCUT2D eigenvalue weighted by Gasteiger charge is -1.92. The van der Waals surface area contributed by atoms with E-state index in [1.54, 1.807) is 12.1 Å². The number of thiophene rings is 1. The third-order valence-electron chi connectivity index (χ3n) is 2.07. The molecule has 1 heterocycles. The maximum atomic E-state index is 10.5. The predicted molar refractivity (Wildman–Crippen MR) is 58.2 cm³/mol. The normalized spacial score (nSPS) is 10.7. The molecular formula is C9H6ClNO2S. The fourth-order valence-corrected chi connectivity index (χ4v) is 2.62. The van der Waals surface area contributed by atoms with Gasteiger partial charge in [0, 0.05) is 16.8 Å². The van der Waals surface area contributed by atoms with Crippen LogP contribution in [0.2, 0.25) is 4.34 Å². The van der Waals surface area contributed by atoms with Crippen molar-refractivity contribution in [1.82, 2.24) is 0 Å². The highest BCUT2D eigenvalue weighted by Crippen LogP contribution is 2.36. The summed E-state index contributed by atoms with van der Waals surface area (Å²) in [6.07, 6.45) is 0. The fourth-order valence-electron chi connectivity index (χ4n) is 1.30. The molecule has 14 heavy (non-hydrogen) atoms. The smallest absolute Gasteiger partial charge is 0.258 e. The molecule has 72 valence electrons. The third-order valence-corrected chi connectivity index (χ3v) is 3.63. The van der Waals surface area contributed by atoms with Crippen LogP contribution in [0.1, 0.15) is 5.56 Å². The zero-order valence-electron chi connectivity index (χ0n) is 7.28. The number of nitro groups is 1. The molecular weight excluding hydrogens is 222 g/mol. The molecule has 0 saturated carbocycles. The van der Waals surface area contributed by atoms with E-state index in [-0.39, 0.29) is 5.69 Å². The molecule has 0 radical (unpaired) electrons. The lowest BCUT2D eigenvalue weighted by Crippen LogP contribution is -1.85. The van der Waals surface area contributed by atoms with Crippen molar-refractivity contribution < 1.29 is 4.92 Å². The maximum absolute atomic E-state index is 10.5. The summed E-state index contributed by atoms with van der Waals surface area (Å²) in [5, 5.41) is 11.5. The van der Waals surface area contributed by atoms with Crippen LogP contribution in [-0.4, -0.2) is 4.92 Å². The zero-order chi connectivity index (χ0) is 10.3. The van der Waals surface area contributed by atoms with Crippen molar-refractivity contribution in [3.8, 4) is 0 Å². The third kappa shape index (κ3) is 1.36. The number of nitro benzene ring substituents is 1. The summed E-state index contributed by atoms with van der Waals surface area (Å²) in [4.78, 5) is 10.1. The molecule has 0 aliphatic carbocycles. The van der Waals surface area contributed by atoms with Crippen LogP contribution in [0, 0.1) is 17.0 Å². The largest absolute Gasteiger partial charge is 0.270 e. The molecule has 2 rings (SSSR count). The number of fused-ring (bicyclic) bond motifs is 1. The predicted octanol–water partition coefficient (Wildman–Crippen LogP) is 3.77. The Labute approximate surface area is 89.1 Å². The Hall–Kier alpha value is -1.13. The van der Waals surface area contributed by atoms with Gasteiger partial charge in [-0.15, -0.1) is 11.3 Å². The van der Waals surface area contributed by atoms with Gasteiger partial charge >= 0.3 is 0 Å². The molecule has 0 bridgehead atoms. The Morgan fingerprint density at radius 2 is 2.21 bits per heavy atom.